The fraction of sp³-hybridized carbons (Fsp3) is 0.227. The maximum atomic E-state index is 12.9. The lowest BCUT2D eigenvalue weighted by Gasteiger charge is -2.16. The van der Waals surface area contributed by atoms with E-state index >= 15 is 0 Å². The van der Waals surface area contributed by atoms with Gasteiger partial charge in [-0.1, -0.05) is 48.0 Å². The van der Waals surface area contributed by atoms with Gasteiger partial charge in [0.05, 0.1) is 23.8 Å². The van der Waals surface area contributed by atoms with Gasteiger partial charge in [0.25, 0.3) is 5.56 Å². The molecule has 0 bridgehead atoms. The van der Waals surface area contributed by atoms with Crippen LogP contribution in [0.3, 0.4) is 0 Å². The fourth-order valence-corrected chi connectivity index (χ4v) is 3.50. The summed E-state index contributed by atoms with van der Waals surface area (Å²) >= 11 is 6.20. The molecule has 1 aromatic heterocycles. The number of rotatable bonds is 7. The molecule has 0 spiro atoms. The van der Waals surface area contributed by atoms with E-state index in [4.69, 9.17) is 17.3 Å². The number of hydrogen-bond acceptors (Lipinski definition) is 5. The van der Waals surface area contributed by atoms with E-state index in [-0.39, 0.29) is 31.0 Å². The molecule has 30 heavy (non-hydrogen) atoms. The van der Waals surface area contributed by atoms with Crippen LogP contribution < -0.4 is 22.3 Å². The first-order valence-electron chi connectivity index (χ1n) is 9.53. The molecule has 0 atom stereocenters. The van der Waals surface area contributed by atoms with Gasteiger partial charge in [0.2, 0.25) is 0 Å². The van der Waals surface area contributed by atoms with E-state index in [2.05, 4.69) is 5.32 Å². The topological polar surface area (TPSA) is 99.1 Å². The van der Waals surface area contributed by atoms with E-state index in [0.717, 1.165) is 15.7 Å². The average Bonchev–Trinajstić information content (AvgIpc) is 2.71. The number of hydrogen-bond donors (Lipinski definition) is 2. The van der Waals surface area contributed by atoms with E-state index in [9.17, 15) is 14.4 Å². The number of benzene rings is 2. The molecule has 0 saturated heterocycles. The predicted molar refractivity (Wildman–Crippen MR) is 120 cm³/mol. The molecule has 7 nitrogen and oxygen atoms in total. The zero-order valence-electron chi connectivity index (χ0n) is 16.8. The van der Waals surface area contributed by atoms with Gasteiger partial charge in [-0.15, -0.1) is 0 Å². The van der Waals surface area contributed by atoms with Crippen molar-refractivity contribution in [1.29, 1.82) is 0 Å². The standard InChI is InChI=1S/C22H23ClN4O3/c1-3-26-21(29)19(18(28)12-25-17-10-9-14(2)11-16(17)23)20(24)27(22(26)30)13-15-7-5-4-6-8-15/h4-11,25H,3,12-13,24H2,1-2H3. The maximum absolute atomic E-state index is 12.9. The van der Waals surface area contributed by atoms with Crippen LogP contribution in [0.5, 0.6) is 0 Å². The van der Waals surface area contributed by atoms with Crippen molar-refractivity contribution in [2.75, 3.05) is 17.6 Å². The molecule has 0 aliphatic heterocycles. The molecule has 0 amide bonds. The van der Waals surface area contributed by atoms with Crippen LogP contribution in [-0.4, -0.2) is 21.5 Å². The Labute approximate surface area is 178 Å². The Kier molecular flexibility index (Phi) is 6.42. The van der Waals surface area contributed by atoms with Crippen LogP contribution >= 0.6 is 11.6 Å². The number of aromatic nitrogens is 2. The third kappa shape index (κ3) is 4.31. The second-order valence-corrected chi connectivity index (χ2v) is 7.33. The maximum Gasteiger partial charge on any atom is 0.332 e. The summed E-state index contributed by atoms with van der Waals surface area (Å²) in [6.45, 7) is 3.68. The van der Waals surface area contributed by atoms with Crippen molar-refractivity contribution in [3.05, 3.63) is 91.1 Å². The Morgan fingerprint density at radius 2 is 1.80 bits per heavy atom. The Morgan fingerprint density at radius 1 is 1.10 bits per heavy atom. The minimum Gasteiger partial charge on any atom is -0.384 e. The highest BCUT2D eigenvalue weighted by Gasteiger charge is 2.22. The van der Waals surface area contributed by atoms with Crippen LogP contribution in [0, 0.1) is 6.92 Å². The molecule has 0 radical (unpaired) electrons. The first kappa shape index (κ1) is 21.4. The van der Waals surface area contributed by atoms with E-state index in [0.29, 0.717) is 10.7 Å². The quantitative estimate of drug-likeness (QED) is 0.566. The lowest BCUT2D eigenvalue weighted by Crippen LogP contribution is -2.44. The van der Waals surface area contributed by atoms with E-state index in [1.165, 1.54) is 4.57 Å². The number of aryl methyl sites for hydroxylation is 1. The van der Waals surface area contributed by atoms with Gasteiger partial charge >= 0.3 is 5.69 Å². The molecule has 0 fully saturated rings. The molecular formula is C22H23ClN4O3. The predicted octanol–water partition coefficient (Wildman–Crippen LogP) is 2.92. The summed E-state index contributed by atoms with van der Waals surface area (Å²) in [5.41, 5.74) is 7.10. The van der Waals surface area contributed by atoms with Gasteiger partial charge in [0, 0.05) is 6.54 Å². The second kappa shape index (κ2) is 9.00. The first-order valence-corrected chi connectivity index (χ1v) is 9.91. The molecule has 1 heterocycles. The second-order valence-electron chi connectivity index (χ2n) is 6.92. The Balaban J connectivity index is 1.98. The molecule has 3 N–H and O–H groups in total. The van der Waals surface area contributed by atoms with E-state index in [1.807, 2.05) is 43.3 Å². The highest BCUT2D eigenvalue weighted by Crippen LogP contribution is 2.22. The summed E-state index contributed by atoms with van der Waals surface area (Å²) in [5, 5.41) is 3.41. The highest BCUT2D eigenvalue weighted by atomic mass is 35.5. The molecular weight excluding hydrogens is 404 g/mol. The van der Waals surface area contributed by atoms with Crippen molar-refractivity contribution >= 4 is 28.9 Å². The average molecular weight is 427 g/mol. The minimum absolute atomic E-state index is 0.129. The molecule has 0 aliphatic carbocycles. The zero-order valence-corrected chi connectivity index (χ0v) is 17.6. The van der Waals surface area contributed by atoms with Gasteiger partial charge in [-0.2, -0.15) is 0 Å². The monoisotopic (exact) mass is 426 g/mol. The number of nitrogens with zero attached hydrogens (tertiary/aromatic N) is 2. The van der Waals surface area contributed by atoms with Gasteiger partial charge in [0.15, 0.2) is 5.78 Å². The number of ketones is 1. The van der Waals surface area contributed by atoms with Crippen molar-refractivity contribution < 1.29 is 4.79 Å². The van der Waals surface area contributed by atoms with Crippen LogP contribution in [0.2, 0.25) is 5.02 Å². The van der Waals surface area contributed by atoms with Crippen LogP contribution in [0.25, 0.3) is 0 Å². The van der Waals surface area contributed by atoms with Crippen molar-refractivity contribution in [3.8, 4) is 0 Å². The molecule has 0 unspecified atom stereocenters. The summed E-state index contributed by atoms with van der Waals surface area (Å²) in [6.07, 6.45) is 0. The van der Waals surface area contributed by atoms with E-state index < -0.39 is 17.0 Å². The number of halogens is 1. The fourth-order valence-electron chi connectivity index (χ4n) is 3.20. The lowest BCUT2D eigenvalue weighted by atomic mass is 10.1. The molecule has 156 valence electrons. The Morgan fingerprint density at radius 3 is 2.43 bits per heavy atom. The minimum atomic E-state index is -0.689. The summed E-state index contributed by atoms with van der Waals surface area (Å²) in [5.74, 6) is -0.654. The van der Waals surface area contributed by atoms with Crippen LogP contribution in [0.4, 0.5) is 11.5 Å². The third-order valence-corrected chi connectivity index (χ3v) is 5.12. The normalized spacial score (nSPS) is 10.8. The largest absolute Gasteiger partial charge is 0.384 e. The summed E-state index contributed by atoms with van der Waals surface area (Å²) in [4.78, 5) is 38.5. The number of nitrogens with two attached hydrogens (primary N) is 1. The van der Waals surface area contributed by atoms with Gasteiger partial charge in [-0.3, -0.25) is 18.7 Å². The number of Topliss-reactive ketones (excluding diaryl/α,β-unsaturated/α-hetero) is 1. The Hall–Kier alpha value is -3.32. The SMILES string of the molecule is CCn1c(=O)c(C(=O)CNc2ccc(C)cc2Cl)c(N)n(Cc2ccccc2)c1=O. The third-order valence-electron chi connectivity index (χ3n) is 4.81. The van der Waals surface area contributed by atoms with Crippen LogP contribution in [-0.2, 0) is 13.1 Å². The van der Waals surface area contributed by atoms with Crippen molar-refractivity contribution in [2.45, 2.75) is 26.9 Å². The number of carbonyl (C=O) groups is 1. The first-order chi connectivity index (χ1) is 14.3. The number of carbonyl (C=O) groups excluding carboxylic acids is 1. The van der Waals surface area contributed by atoms with Crippen molar-refractivity contribution in [3.63, 3.8) is 0 Å². The zero-order chi connectivity index (χ0) is 21.8. The summed E-state index contributed by atoms with van der Waals surface area (Å²) in [6, 6.07) is 14.6. The van der Waals surface area contributed by atoms with Crippen LogP contribution in [0.1, 0.15) is 28.4 Å². The van der Waals surface area contributed by atoms with Gasteiger partial charge < -0.3 is 11.1 Å². The molecule has 3 rings (SSSR count). The number of anilines is 2. The molecule has 8 heteroatoms. The van der Waals surface area contributed by atoms with Crippen molar-refractivity contribution in [2.24, 2.45) is 0 Å². The molecule has 0 aliphatic rings. The molecule has 3 aromatic rings. The summed E-state index contributed by atoms with van der Waals surface area (Å²) < 4.78 is 2.28. The smallest absolute Gasteiger partial charge is 0.332 e. The van der Waals surface area contributed by atoms with Gasteiger partial charge in [-0.05, 0) is 37.1 Å². The highest BCUT2D eigenvalue weighted by molar-refractivity contribution is 6.33. The molecule has 0 saturated carbocycles. The number of nitrogen functional groups attached to an aromatic ring is 1. The Bertz CT molecular complexity index is 1200. The van der Waals surface area contributed by atoms with E-state index in [1.54, 1.807) is 19.1 Å². The van der Waals surface area contributed by atoms with Crippen LogP contribution in [0.15, 0.2) is 58.1 Å². The summed E-state index contributed by atoms with van der Waals surface area (Å²) in [7, 11) is 0. The lowest BCUT2D eigenvalue weighted by molar-refractivity contribution is 0.100. The van der Waals surface area contributed by atoms with Gasteiger partial charge in [-0.25, -0.2) is 4.79 Å². The van der Waals surface area contributed by atoms with Gasteiger partial charge in [0.1, 0.15) is 11.4 Å². The number of nitrogens with one attached hydrogen (secondary N) is 1. The molecule has 2 aromatic carbocycles. The van der Waals surface area contributed by atoms with Crippen molar-refractivity contribution in [1.82, 2.24) is 9.13 Å².